The van der Waals surface area contributed by atoms with Crippen LogP contribution in [-0.4, -0.2) is 49.1 Å². The molecule has 20 heavy (non-hydrogen) atoms. The van der Waals surface area contributed by atoms with Crippen molar-refractivity contribution in [1.29, 1.82) is 5.26 Å². The number of morpholine rings is 1. The summed E-state index contributed by atoms with van der Waals surface area (Å²) in [6.07, 6.45) is 2.97. The Bertz CT molecular complexity index is 418. The summed E-state index contributed by atoms with van der Waals surface area (Å²) in [6.45, 7) is 3.86. The van der Waals surface area contributed by atoms with E-state index in [1.165, 1.54) is 0 Å². The minimum absolute atomic E-state index is 0.104. The van der Waals surface area contributed by atoms with Crippen LogP contribution in [0.4, 0.5) is 0 Å². The predicted octanol–water partition coefficient (Wildman–Crippen LogP) is 0.434. The Morgan fingerprint density at radius 2 is 1.90 bits per heavy atom. The minimum atomic E-state index is -0.931. The van der Waals surface area contributed by atoms with Crippen LogP contribution in [0.5, 0.6) is 0 Å². The van der Waals surface area contributed by atoms with E-state index in [1.54, 1.807) is 11.8 Å². The fraction of sp³-hybridized carbons (Fsp3) is 0.786. The van der Waals surface area contributed by atoms with E-state index in [9.17, 15) is 14.9 Å². The number of hydrogen-bond acceptors (Lipinski definition) is 4. The van der Waals surface area contributed by atoms with Crippen LogP contribution in [0.1, 0.15) is 32.6 Å². The molecule has 2 amide bonds. The number of hydrogen-bond donors (Lipinski definition) is 1. The van der Waals surface area contributed by atoms with Gasteiger partial charge in [-0.2, -0.15) is 5.26 Å². The van der Waals surface area contributed by atoms with E-state index in [0.717, 1.165) is 12.8 Å². The molecule has 1 aliphatic heterocycles. The SMILES string of the molecule is CC(NC(=O)C1(C#N)CCCC1)C(=O)N1CCOCC1. The van der Waals surface area contributed by atoms with E-state index in [-0.39, 0.29) is 11.8 Å². The first kappa shape index (κ1) is 14.8. The highest BCUT2D eigenvalue weighted by atomic mass is 16.5. The van der Waals surface area contributed by atoms with Gasteiger partial charge >= 0.3 is 0 Å². The molecule has 0 aromatic rings. The van der Waals surface area contributed by atoms with Crippen molar-refractivity contribution < 1.29 is 14.3 Å². The van der Waals surface area contributed by atoms with Crippen molar-refractivity contribution in [1.82, 2.24) is 10.2 Å². The Hall–Kier alpha value is -1.61. The van der Waals surface area contributed by atoms with Crippen molar-refractivity contribution in [2.24, 2.45) is 5.41 Å². The summed E-state index contributed by atoms with van der Waals surface area (Å²) in [5.41, 5.74) is -0.931. The van der Waals surface area contributed by atoms with Gasteiger partial charge in [-0.3, -0.25) is 9.59 Å². The maximum Gasteiger partial charge on any atom is 0.245 e. The number of nitrogens with zero attached hydrogens (tertiary/aromatic N) is 2. The number of ether oxygens (including phenoxy) is 1. The first-order valence-corrected chi connectivity index (χ1v) is 7.18. The van der Waals surface area contributed by atoms with Crippen LogP contribution < -0.4 is 5.32 Å². The highest BCUT2D eigenvalue weighted by molar-refractivity contribution is 5.91. The molecule has 1 saturated carbocycles. The third-order valence-corrected chi connectivity index (χ3v) is 4.15. The molecule has 1 heterocycles. The van der Waals surface area contributed by atoms with Crippen LogP contribution in [0, 0.1) is 16.7 Å². The van der Waals surface area contributed by atoms with Gasteiger partial charge in [0.05, 0.1) is 19.3 Å². The summed E-state index contributed by atoms with van der Waals surface area (Å²) in [6, 6.07) is 1.55. The molecule has 0 spiro atoms. The highest BCUT2D eigenvalue weighted by Gasteiger charge is 2.42. The number of rotatable bonds is 3. The number of nitrogens with one attached hydrogen (secondary N) is 1. The first-order valence-electron chi connectivity index (χ1n) is 7.18. The Labute approximate surface area is 119 Å². The normalized spacial score (nSPS) is 22.9. The average molecular weight is 279 g/mol. The second-order valence-corrected chi connectivity index (χ2v) is 5.53. The molecule has 0 bridgehead atoms. The van der Waals surface area contributed by atoms with Crippen molar-refractivity contribution in [3.05, 3.63) is 0 Å². The second-order valence-electron chi connectivity index (χ2n) is 5.53. The molecule has 1 unspecified atom stereocenters. The number of carbonyl (C=O) groups is 2. The molecular formula is C14H21N3O3. The summed E-state index contributed by atoms with van der Waals surface area (Å²) >= 11 is 0. The lowest BCUT2D eigenvalue weighted by Gasteiger charge is -2.30. The van der Waals surface area contributed by atoms with Crippen molar-refractivity contribution in [3.8, 4) is 6.07 Å². The summed E-state index contributed by atoms with van der Waals surface area (Å²) in [5.74, 6) is -0.403. The monoisotopic (exact) mass is 279 g/mol. The fourth-order valence-corrected chi connectivity index (χ4v) is 2.82. The molecule has 1 saturated heterocycles. The molecule has 2 aliphatic rings. The zero-order valence-corrected chi connectivity index (χ0v) is 11.9. The average Bonchev–Trinajstić information content (AvgIpc) is 2.97. The van der Waals surface area contributed by atoms with Crippen LogP contribution in [0.25, 0.3) is 0 Å². The second kappa shape index (κ2) is 6.23. The van der Waals surface area contributed by atoms with Crippen LogP contribution >= 0.6 is 0 Å². The highest BCUT2D eigenvalue weighted by Crippen LogP contribution is 2.37. The first-order chi connectivity index (χ1) is 9.59. The number of carbonyl (C=O) groups excluding carboxylic acids is 2. The summed E-state index contributed by atoms with van der Waals surface area (Å²) in [5, 5.41) is 12.0. The molecule has 1 aliphatic carbocycles. The summed E-state index contributed by atoms with van der Waals surface area (Å²) in [7, 11) is 0. The van der Waals surface area contributed by atoms with Gasteiger partial charge in [-0.05, 0) is 19.8 Å². The van der Waals surface area contributed by atoms with Crippen LogP contribution in [0.3, 0.4) is 0 Å². The standard InChI is InChI=1S/C14H21N3O3/c1-11(12(18)17-6-8-20-9-7-17)16-13(19)14(10-15)4-2-3-5-14/h11H,2-9H2,1H3,(H,16,19). The molecule has 110 valence electrons. The Morgan fingerprint density at radius 1 is 1.30 bits per heavy atom. The number of amides is 2. The Kier molecular flexibility index (Phi) is 4.61. The third kappa shape index (κ3) is 2.93. The molecule has 2 fully saturated rings. The molecule has 0 aromatic heterocycles. The predicted molar refractivity (Wildman–Crippen MR) is 71.5 cm³/mol. The molecule has 0 aromatic carbocycles. The van der Waals surface area contributed by atoms with Gasteiger partial charge in [0.25, 0.3) is 0 Å². The van der Waals surface area contributed by atoms with E-state index < -0.39 is 11.5 Å². The maximum absolute atomic E-state index is 12.3. The van der Waals surface area contributed by atoms with Crippen LogP contribution in [0.15, 0.2) is 0 Å². The minimum Gasteiger partial charge on any atom is -0.378 e. The van der Waals surface area contributed by atoms with Gasteiger partial charge in [-0.25, -0.2) is 0 Å². The van der Waals surface area contributed by atoms with Crippen molar-refractivity contribution in [3.63, 3.8) is 0 Å². The van der Waals surface area contributed by atoms with Gasteiger partial charge < -0.3 is 15.0 Å². The molecule has 1 N–H and O–H groups in total. The maximum atomic E-state index is 12.3. The van der Waals surface area contributed by atoms with E-state index >= 15 is 0 Å². The van der Waals surface area contributed by atoms with Gasteiger partial charge in [0, 0.05) is 13.1 Å². The third-order valence-electron chi connectivity index (χ3n) is 4.15. The van der Waals surface area contributed by atoms with Gasteiger partial charge in [-0.15, -0.1) is 0 Å². The van der Waals surface area contributed by atoms with Gasteiger partial charge in [0.1, 0.15) is 11.5 Å². The topological polar surface area (TPSA) is 82.4 Å². The van der Waals surface area contributed by atoms with Crippen LogP contribution in [0.2, 0.25) is 0 Å². The lowest BCUT2D eigenvalue weighted by molar-refractivity contribution is -0.140. The van der Waals surface area contributed by atoms with E-state index in [4.69, 9.17) is 4.74 Å². The van der Waals surface area contributed by atoms with Gasteiger partial charge in [0.15, 0.2) is 0 Å². The van der Waals surface area contributed by atoms with E-state index in [0.29, 0.717) is 39.1 Å². The summed E-state index contributed by atoms with van der Waals surface area (Å²) < 4.78 is 5.20. The largest absolute Gasteiger partial charge is 0.378 e. The lowest BCUT2D eigenvalue weighted by atomic mass is 9.87. The zero-order valence-electron chi connectivity index (χ0n) is 11.9. The Balaban J connectivity index is 1.93. The van der Waals surface area contributed by atoms with Gasteiger partial charge in [-0.1, -0.05) is 12.8 Å². The molecular weight excluding hydrogens is 258 g/mol. The molecule has 6 heteroatoms. The lowest BCUT2D eigenvalue weighted by Crippen LogP contribution is -2.52. The van der Waals surface area contributed by atoms with E-state index in [1.807, 2.05) is 0 Å². The fourth-order valence-electron chi connectivity index (χ4n) is 2.82. The summed E-state index contributed by atoms with van der Waals surface area (Å²) in [4.78, 5) is 26.2. The van der Waals surface area contributed by atoms with Gasteiger partial charge in [0.2, 0.25) is 11.8 Å². The number of nitriles is 1. The molecule has 0 radical (unpaired) electrons. The molecule has 1 atom stereocenters. The van der Waals surface area contributed by atoms with Crippen LogP contribution in [-0.2, 0) is 14.3 Å². The van der Waals surface area contributed by atoms with Crippen molar-refractivity contribution in [2.75, 3.05) is 26.3 Å². The van der Waals surface area contributed by atoms with Crippen molar-refractivity contribution >= 4 is 11.8 Å². The smallest absolute Gasteiger partial charge is 0.245 e. The molecule has 2 rings (SSSR count). The zero-order chi connectivity index (χ0) is 14.6. The van der Waals surface area contributed by atoms with E-state index in [2.05, 4.69) is 11.4 Å². The van der Waals surface area contributed by atoms with Crippen molar-refractivity contribution in [2.45, 2.75) is 38.6 Å². The molecule has 6 nitrogen and oxygen atoms in total. The quantitative estimate of drug-likeness (QED) is 0.812. The Morgan fingerprint density at radius 3 is 2.45 bits per heavy atom.